The Bertz CT molecular complexity index is 405. The van der Waals surface area contributed by atoms with E-state index < -0.39 is 0 Å². The lowest BCUT2D eigenvalue weighted by atomic mass is 10.1. The number of hydrogen-bond acceptors (Lipinski definition) is 4. The average Bonchev–Trinajstić information content (AvgIpc) is 2.36. The predicted octanol–water partition coefficient (Wildman–Crippen LogP) is 1.43. The second-order valence-electron chi connectivity index (χ2n) is 3.55. The smallest absolute Gasteiger partial charge is 0.253 e. The Morgan fingerprint density at radius 2 is 2.06 bits per heavy atom. The highest BCUT2D eigenvalue weighted by Crippen LogP contribution is 2.30. The van der Waals surface area contributed by atoms with Crippen LogP contribution in [0.25, 0.3) is 0 Å². The second-order valence-corrected chi connectivity index (χ2v) is 3.55. The van der Waals surface area contributed by atoms with Crippen molar-refractivity contribution in [2.24, 2.45) is 0 Å². The van der Waals surface area contributed by atoms with E-state index in [0.29, 0.717) is 29.3 Å². The molecule has 1 rings (SSSR count). The van der Waals surface area contributed by atoms with Gasteiger partial charge >= 0.3 is 0 Å². The van der Waals surface area contributed by atoms with Crippen molar-refractivity contribution in [3.8, 4) is 11.5 Å². The molecule has 0 fully saturated rings. The third kappa shape index (κ3) is 3.03. The van der Waals surface area contributed by atoms with E-state index >= 15 is 0 Å². The normalized spacial score (nSPS) is 9.82. The van der Waals surface area contributed by atoms with Crippen LogP contribution in [0.5, 0.6) is 11.5 Å². The number of amides is 1. The first kappa shape index (κ1) is 13.2. The maximum absolute atomic E-state index is 11.9. The molecular formula is C12H18N2O3. The highest BCUT2D eigenvalue weighted by atomic mass is 16.5. The van der Waals surface area contributed by atoms with Crippen LogP contribution < -0.4 is 20.5 Å². The molecule has 1 aromatic carbocycles. The zero-order chi connectivity index (χ0) is 12.8. The maximum atomic E-state index is 11.9. The Morgan fingerprint density at radius 3 is 2.59 bits per heavy atom. The van der Waals surface area contributed by atoms with E-state index in [1.54, 1.807) is 12.1 Å². The van der Waals surface area contributed by atoms with Crippen LogP contribution >= 0.6 is 0 Å². The van der Waals surface area contributed by atoms with Gasteiger partial charge in [-0.2, -0.15) is 0 Å². The average molecular weight is 238 g/mol. The number of hydrogen-bond donors (Lipinski definition) is 2. The van der Waals surface area contributed by atoms with Gasteiger partial charge in [0, 0.05) is 12.6 Å². The summed E-state index contributed by atoms with van der Waals surface area (Å²) >= 11 is 0. The van der Waals surface area contributed by atoms with Crippen LogP contribution in [-0.4, -0.2) is 26.7 Å². The number of nitrogens with two attached hydrogens (primary N) is 1. The van der Waals surface area contributed by atoms with Crippen molar-refractivity contribution in [2.45, 2.75) is 13.3 Å². The lowest BCUT2D eigenvalue weighted by molar-refractivity contribution is 0.0954. The standard InChI is InChI=1S/C12H18N2O3/c1-4-5-14-12(15)9-6-8(16-2)7-10(17-3)11(9)13/h6-7H,4-5,13H2,1-3H3,(H,14,15). The lowest BCUT2D eigenvalue weighted by Gasteiger charge is -2.12. The van der Waals surface area contributed by atoms with E-state index in [9.17, 15) is 4.79 Å². The minimum atomic E-state index is -0.221. The highest BCUT2D eigenvalue weighted by Gasteiger charge is 2.15. The summed E-state index contributed by atoms with van der Waals surface area (Å²) in [6, 6.07) is 3.24. The van der Waals surface area contributed by atoms with E-state index in [-0.39, 0.29) is 5.91 Å². The molecule has 5 heteroatoms. The molecule has 0 heterocycles. The van der Waals surface area contributed by atoms with E-state index in [4.69, 9.17) is 15.2 Å². The van der Waals surface area contributed by atoms with Gasteiger partial charge in [0.05, 0.1) is 25.5 Å². The quantitative estimate of drug-likeness (QED) is 0.761. The van der Waals surface area contributed by atoms with Gasteiger partial charge in [0.25, 0.3) is 5.91 Å². The first-order valence-electron chi connectivity index (χ1n) is 5.43. The van der Waals surface area contributed by atoms with Crippen molar-refractivity contribution in [3.05, 3.63) is 17.7 Å². The third-order valence-corrected chi connectivity index (χ3v) is 2.35. The minimum Gasteiger partial charge on any atom is -0.497 e. The van der Waals surface area contributed by atoms with Gasteiger partial charge in [0.15, 0.2) is 0 Å². The predicted molar refractivity (Wildman–Crippen MR) is 66.6 cm³/mol. The number of carbonyl (C=O) groups is 1. The number of anilines is 1. The van der Waals surface area contributed by atoms with Gasteiger partial charge in [-0.05, 0) is 12.5 Å². The summed E-state index contributed by atoms with van der Waals surface area (Å²) in [5.41, 5.74) is 6.54. The lowest BCUT2D eigenvalue weighted by Crippen LogP contribution is -2.25. The third-order valence-electron chi connectivity index (χ3n) is 2.35. The highest BCUT2D eigenvalue weighted by molar-refractivity contribution is 6.00. The van der Waals surface area contributed by atoms with Gasteiger partial charge in [-0.1, -0.05) is 6.92 Å². The number of benzene rings is 1. The van der Waals surface area contributed by atoms with E-state index in [0.717, 1.165) is 6.42 Å². The second kappa shape index (κ2) is 5.98. The van der Waals surface area contributed by atoms with E-state index in [1.165, 1.54) is 14.2 Å². The first-order chi connectivity index (χ1) is 8.13. The number of carbonyl (C=O) groups excluding carboxylic acids is 1. The Kier molecular flexibility index (Phi) is 4.63. The molecule has 0 aliphatic heterocycles. The van der Waals surface area contributed by atoms with Crippen LogP contribution in [0.15, 0.2) is 12.1 Å². The van der Waals surface area contributed by atoms with Gasteiger partial charge in [-0.25, -0.2) is 0 Å². The number of rotatable bonds is 5. The molecule has 0 bridgehead atoms. The van der Waals surface area contributed by atoms with Crippen molar-refractivity contribution in [2.75, 3.05) is 26.5 Å². The molecule has 0 aromatic heterocycles. The molecule has 5 nitrogen and oxygen atoms in total. The summed E-state index contributed by atoms with van der Waals surface area (Å²) in [5, 5.41) is 2.76. The van der Waals surface area contributed by atoms with Gasteiger partial charge in [-0.3, -0.25) is 4.79 Å². The number of nitrogens with one attached hydrogen (secondary N) is 1. The van der Waals surface area contributed by atoms with Crippen molar-refractivity contribution < 1.29 is 14.3 Å². The Morgan fingerprint density at radius 1 is 1.35 bits per heavy atom. The molecule has 0 saturated heterocycles. The monoisotopic (exact) mass is 238 g/mol. The number of nitrogen functional groups attached to an aromatic ring is 1. The molecule has 0 aliphatic rings. The molecule has 17 heavy (non-hydrogen) atoms. The van der Waals surface area contributed by atoms with E-state index in [1.807, 2.05) is 6.92 Å². The molecule has 3 N–H and O–H groups in total. The van der Waals surface area contributed by atoms with Crippen molar-refractivity contribution in [1.82, 2.24) is 5.32 Å². The number of ether oxygens (including phenoxy) is 2. The summed E-state index contributed by atoms with van der Waals surface area (Å²) < 4.78 is 10.2. The number of methoxy groups -OCH3 is 2. The Labute approximate surface area is 101 Å². The van der Waals surface area contributed by atoms with Crippen LogP contribution in [0.3, 0.4) is 0 Å². The molecule has 1 aromatic rings. The molecule has 0 aliphatic carbocycles. The summed E-state index contributed by atoms with van der Waals surface area (Å²) in [7, 11) is 3.03. The zero-order valence-corrected chi connectivity index (χ0v) is 10.4. The van der Waals surface area contributed by atoms with Gasteiger partial charge < -0.3 is 20.5 Å². The molecule has 0 unspecified atom stereocenters. The molecule has 94 valence electrons. The van der Waals surface area contributed by atoms with Crippen molar-refractivity contribution in [3.63, 3.8) is 0 Å². The van der Waals surface area contributed by atoms with Gasteiger partial charge in [0.2, 0.25) is 0 Å². The van der Waals surface area contributed by atoms with Crippen LogP contribution in [0.1, 0.15) is 23.7 Å². The first-order valence-corrected chi connectivity index (χ1v) is 5.43. The summed E-state index contributed by atoms with van der Waals surface area (Å²) in [4.78, 5) is 11.9. The summed E-state index contributed by atoms with van der Waals surface area (Å²) in [5.74, 6) is 0.755. The van der Waals surface area contributed by atoms with Crippen molar-refractivity contribution >= 4 is 11.6 Å². The van der Waals surface area contributed by atoms with Gasteiger partial charge in [-0.15, -0.1) is 0 Å². The fourth-order valence-electron chi connectivity index (χ4n) is 1.41. The summed E-state index contributed by atoms with van der Waals surface area (Å²) in [6.07, 6.45) is 0.868. The van der Waals surface area contributed by atoms with Gasteiger partial charge in [0.1, 0.15) is 11.5 Å². The fourth-order valence-corrected chi connectivity index (χ4v) is 1.41. The molecule has 0 atom stereocenters. The maximum Gasteiger partial charge on any atom is 0.253 e. The SMILES string of the molecule is CCCNC(=O)c1cc(OC)cc(OC)c1N. The molecule has 0 saturated carbocycles. The van der Waals surface area contributed by atoms with Crippen LogP contribution in [-0.2, 0) is 0 Å². The minimum absolute atomic E-state index is 0.221. The topological polar surface area (TPSA) is 73.6 Å². The molecule has 0 spiro atoms. The fraction of sp³-hybridized carbons (Fsp3) is 0.417. The Balaban J connectivity index is 3.08. The van der Waals surface area contributed by atoms with Crippen LogP contribution in [0, 0.1) is 0 Å². The van der Waals surface area contributed by atoms with E-state index in [2.05, 4.69) is 5.32 Å². The van der Waals surface area contributed by atoms with Crippen molar-refractivity contribution in [1.29, 1.82) is 0 Å². The largest absolute Gasteiger partial charge is 0.497 e. The molecular weight excluding hydrogens is 220 g/mol. The molecule has 0 radical (unpaired) electrons. The summed E-state index contributed by atoms with van der Waals surface area (Å²) in [6.45, 7) is 2.59. The molecule has 1 amide bonds. The zero-order valence-electron chi connectivity index (χ0n) is 10.4. The Hall–Kier alpha value is -1.91. The van der Waals surface area contributed by atoms with Crippen LogP contribution in [0.4, 0.5) is 5.69 Å². The van der Waals surface area contributed by atoms with Crippen LogP contribution in [0.2, 0.25) is 0 Å².